The van der Waals surface area contributed by atoms with Crippen LogP contribution in [0.25, 0.3) is 11.1 Å². The summed E-state index contributed by atoms with van der Waals surface area (Å²) in [5, 5.41) is 3.26. The summed E-state index contributed by atoms with van der Waals surface area (Å²) in [5.74, 6) is 0.711. The van der Waals surface area contributed by atoms with E-state index < -0.39 is 0 Å². The Morgan fingerprint density at radius 1 is 0.957 bits per heavy atom. The summed E-state index contributed by atoms with van der Waals surface area (Å²) in [4.78, 5) is 15.1. The molecule has 1 atom stereocenters. The van der Waals surface area contributed by atoms with Gasteiger partial charge in [0.1, 0.15) is 0 Å². The minimum atomic E-state index is 0.0570. The van der Waals surface area contributed by atoms with E-state index in [2.05, 4.69) is 28.4 Å². The number of fused-ring (bicyclic) bond motifs is 3. The van der Waals surface area contributed by atoms with Gasteiger partial charge < -0.3 is 10.2 Å². The van der Waals surface area contributed by atoms with Crippen LogP contribution in [0.5, 0.6) is 0 Å². The van der Waals surface area contributed by atoms with E-state index in [1.54, 1.807) is 0 Å². The molecule has 3 heterocycles. The third kappa shape index (κ3) is 3.02. The van der Waals surface area contributed by atoms with Crippen LogP contribution < -0.4 is 5.32 Å². The number of amides is 1. The Labute approximate surface area is 137 Å². The Bertz CT molecular complexity index is 690. The van der Waals surface area contributed by atoms with Crippen LogP contribution in [0.2, 0.25) is 0 Å². The monoisotopic (exact) mass is 306 g/mol. The number of hydrogen-bond acceptors (Lipinski definition) is 2. The molecule has 2 aromatic rings. The molecule has 3 fully saturated rings. The number of nitrogens with zero attached hydrogens (tertiary/aromatic N) is 1. The van der Waals surface area contributed by atoms with Gasteiger partial charge in [-0.25, -0.2) is 0 Å². The first-order valence-corrected chi connectivity index (χ1v) is 8.48. The van der Waals surface area contributed by atoms with Crippen LogP contribution in [0.3, 0.4) is 0 Å². The van der Waals surface area contributed by atoms with Crippen LogP contribution in [-0.4, -0.2) is 36.5 Å². The number of nitrogens with one attached hydrogen (secondary N) is 1. The molecule has 3 heteroatoms. The normalized spacial score (nSPS) is 26.0. The third-order valence-corrected chi connectivity index (χ3v) is 5.20. The van der Waals surface area contributed by atoms with E-state index in [0.29, 0.717) is 12.0 Å². The molecular weight excluding hydrogens is 284 g/mol. The van der Waals surface area contributed by atoms with Crippen LogP contribution >= 0.6 is 0 Å². The molecule has 3 aliphatic heterocycles. The summed E-state index contributed by atoms with van der Waals surface area (Å²) >= 11 is 0. The van der Waals surface area contributed by atoms with Gasteiger partial charge in [-0.2, -0.15) is 0 Å². The van der Waals surface area contributed by atoms with E-state index in [9.17, 15) is 4.79 Å². The second-order valence-corrected chi connectivity index (χ2v) is 6.66. The lowest BCUT2D eigenvalue weighted by atomic mass is 9.84. The van der Waals surface area contributed by atoms with Gasteiger partial charge in [0.25, 0.3) is 5.91 Å². The van der Waals surface area contributed by atoms with Crippen molar-refractivity contribution in [2.24, 2.45) is 5.92 Å². The molecule has 2 aromatic carbocycles. The Morgan fingerprint density at radius 2 is 1.70 bits per heavy atom. The predicted octanol–water partition coefficient (Wildman–Crippen LogP) is 3.18. The van der Waals surface area contributed by atoms with Crippen LogP contribution in [0.1, 0.15) is 23.2 Å². The third-order valence-electron chi connectivity index (χ3n) is 5.20. The second-order valence-electron chi connectivity index (χ2n) is 6.66. The lowest BCUT2D eigenvalue weighted by molar-refractivity contribution is 0.0620. The molecule has 0 radical (unpaired) electrons. The maximum Gasteiger partial charge on any atom is 0.251 e. The highest BCUT2D eigenvalue weighted by atomic mass is 16.1. The molecule has 3 aliphatic rings. The van der Waals surface area contributed by atoms with Crippen molar-refractivity contribution in [2.75, 3.05) is 19.6 Å². The number of rotatable bonds is 3. The summed E-state index contributed by atoms with van der Waals surface area (Å²) in [5.41, 5.74) is 2.99. The standard InChI is InChI=1S/C20H22N2O/c23-20(21-19-14-22-11-9-16(19)10-12-22)18-8-4-7-17(13-18)15-5-2-1-3-6-15/h1-8,13,16,19H,9-12,14H2,(H,21,23)/t19-/m0/s1. The average molecular weight is 306 g/mol. The number of hydrogen-bond donors (Lipinski definition) is 1. The molecule has 2 bridgehead atoms. The van der Waals surface area contributed by atoms with Crippen LogP contribution in [0.4, 0.5) is 0 Å². The van der Waals surface area contributed by atoms with Crippen molar-refractivity contribution in [2.45, 2.75) is 18.9 Å². The Kier molecular flexibility index (Phi) is 3.88. The molecule has 0 saturated carbocycles. The number of carbonyl (C=O) groups is 1. The second kappa shape index (κ2) is 6.17. The molecule has 5 rings (SSSR count). The van der Waals surface area contributed by atoms with Crippen molar-refractivity contribution in [3.05, 3.63) is 60.2 Å². The highest BCUT2D eigenvalue weighted by molar-refractivity contribution is 5.95. The molecule has 0 spiro atoms. The topological polar surface area (TPSA) is 32.3 Å². The first kappa shape index (κ1) is 14.5. The van der Waals surface area contributed by atoms with E-state index in [4.69, 9.17) is 0 Å². The van der Waals surface area contributed by atoms with Crippen LogP contribution in [0, 0.1) is 5.92 Å². The van der Waals surface area contributed by atoms with Gasteiger partial charge in [0.2, 0.25) is 0 Å². The molecule has 0 unspecified atom stereocenters. The minimum absolute atomic E-state index is 0.0570. The Hall–Kier alpha value is -2.13. The van der Waals surface area contributed by atoms with E-state index in [-0.39, 0.29) is 5.91 Å². The first-order chi connectivity index (χ1) is 11.3. The summed E-state index contributed by atoms with van der Waals surface area (Å²) in [6.45, 7) is 3.40. The maximum atomic E-state index is 12.6. The fraction of sp³-hybridized carbons (Fsp3) is 0.350. The van der Waals surface area contributed by atoms with Crippen molar-refractivity contribution in [1.29, 1.82) is 0 Å². The van der Waals surface area contributed by atoms with Gasteiger partial charge >= 0.3 is 0 Å². The van der Waals surface area contributed by atoms with Gasteiger partial charge in [0.15, 0.2) is 0 Å². The molecule has 0 aliphatic carbocycles. The highest BCUT2D eigenvalue weighted by Crippen LogP contribution is 2.28. The minimum Gasteiger partial charge on any atom is -0.348 e. The molecular formula is C20H22N2O. The lowest BCUT2D eigenvalue weighted by Crippen LogP contribution is -2.57. The summed E-state index contributed by atoms with van der Waals surface area (Å²) in [6, 6.07) is 18.4. The van der Waals surface area contributed by atoms with Gasteiger partial charge in [-0.15, -0.1) is 0 Å². The van der Waals surface area contributed by atoms with Crippen molar-refractivity contribution in [1.82, 2.24) is 10.2 Å². The first-order valence-electron chi connectivity index (χ1n) is 8.48. The van der Waals surface area contributed by atoms with E-state index in [0.717, 1.165) is 23.2 Å². The van der Waals surface area contributed by atoms with Gasteiger partial charge in [0, 0.05) is 18.2 Å². The van der Waals surface area contributed by atoms with Crippen molar-refractivity contribution in [3.63, 3.8) is 0 Å². The molecule has 1 amide bonds. The quantitative estimate of drug-likeness (QED) is 0.944. The number of benzene rings is 2. The molecule has 3 nitrogen and oxygen atoms in total. The van der Waals surface area contributed by atoms with Gasteiger partial charge in [-0.05, 0) is 55.1 Å². The zero-order valence-electron chi connectivity index (χ0n) is 13.2. The predicted molar refractivity (Wildman–Crippen MR) is 92.3 cm³/mol. The van der Waals surface area contributed by atoms with Crippen molar-refractivity contribution in [3.8, 4) is 11.1 Å². The van der Waals surface area contributed by atoms with E-state index >= 15 is 0 Å². The molecule has 118 valence electrons. The van der Waals surface area contributed by atoms with Gasteiger partial charge in [0.05, 0.1) is 0 Å². The molecule has 23 heavy (non-hydrogen) atoms. The zero-order chi connectivity index (χ0) is 15.6. The average Bonchev–Trinajstić information content (AvgIpc) is 2.63. The van der Waals surface area contributed by atoms with Crippen molar-refractivity contribution < 1.29 is 4.79 Å². The highest BCUT2D eigenvalue weighted by Gasteiger charge is 2.34. The van der Waals surface area contributed by atoms with Crippen molar-refractivity contribution >= 4 is 5.91 Å². The smallest absolute Gasteiger partial charge is 0.251 e. The van der Waals surface area contributed by atoms with E-state index in [1.165, 1.54) is 25.9 Å². The molecule has 1 N–H and O–H groups in total. The number of piperidine rings is 3. The largest absolute Gasteiger partial charge is 0.348 e. The van der Waals surface area contributed by atoms with Crippen LogP contribution in [0.15, 0.2) is 54.6 Å². The lowest BCUT2D eigenvalue weighted by Gasteiger charge is -2.44. The Balaban J connectivity index is 1.50. The molecule has 3 saturated heterocycles. The van der Waals surface area contributed by atoms with Gasteiger partial charge in [-0.3, -0.25) is 4.79 Å². The zero-order valence-corrected chi connectivity index (χ0v) is 13.2. The number of carbonyl (C=O) groups excluding carboxylic acids is 1. The fourth-order valence-corrected chi connectivity index (χ4v) is 3.85. The maximum absolute atomic E-state index is 12.6. The Morgan fingerprint density at radius 3 is 2.39 bits per heavy atom. The molecule has 0 aromatic heterocycles. The summed E-state index contributed by atoms with van der Waals surface area (Å²) in [6.07, 6.45) is 2.43. The SMILES string of the molecule is O=C(N[C@H]1CN2CCC1CC2)c1cccc(-c2ccccc2)c1. The van der Waals surface area contributed by atoms with Gasteiger partial charge in [-0.1, -0.05) is 42.5 Å². The fourth-order valence-electron chi connectivity index (χ4n) is 3.85. The van der Waals surface area contributed by atoms with Crippen LogP contribution in [-0.2, 0) is 0 Å². The summed E-state index contributed by atoms with van der Waals surface area (Å²) in [7, 11) is 0. The van der Waals surface area contributed by atoms with E-state index in [1.807, 2.05) is 36.4 Å². The summed E-state index contributed by atoms with van der Waals surface area (Å²) < 4.78 is 0.